The average molecular weight is 539 g/mol. The number of hydrogen-bond donors (Lipinski definition) is 0. The lowest BCUT2D eigenvalue weighted by atomic mass is 10.0. The van der Waals surface area contributed by atoms with E-state index in [4.69, 9.17) is 16.3 Å². The Hall–Kier alpha value is -4.17. The van der Waals surface area contributed by atoms with Crippen LogP contribution in [0.25, 0.3) is 22.2 Å². The molecule has 9 heteroatoms. The van der Waals surface area contributed by atoms with Crippen LogP contribution in [0.4, 0.5) is 17.6 Å². The first-order valence-corrected chi connectivity index (χ1v) is 11.9. The number of aromatic nitrogens is 2. The van der Waals surface area contributed by atoms with Gasteiger partial charge in [0.1, 0.15) is 22.8 Å². The van der Waals surface area contributed by atoms with E-state index in [-0.39, 0.29) is 33.8 Å². The van der Waals surface area contributed by atoms with E-state index in [0.29, 0.717) is 28.3 Å². The molecular weight excluding hydrogens is 520 g/mol. The van der Waals surface area contributed by atoms with Gasteiger partial charge in [0.15, 0.2) is 5.78 Å². The second kappa shape index (κ2) is 9.95. The molecule has 5 rings (SSSR count). The molecule has 0 unspecified atom stereocenters. The van der Waals surface area contributed by atoms with Crippen molar-refractivity contribution < 1.29 is 27.1 Å². The number of fused-ring (bicyclic) bond motifs is 1. The van der Waals surface area contributed by atoms with Crippen molar-refractivity contribution in [2.75, 3.05) is 0 Å². The van der Waals surface area contributed by atoms with Crippen LogP contribution in [-0.2, 0) is 12.7 Å². The van der Waals surface area contributed by atoms with Crippen LogP contribution in [0.2, 0.25) is 5.02 Å². The van der Waals surface area contributed by atoms with E-state index in [1.54, 1.807) is 54.6 Å². The smallest absolute Gasteiger partial charge is 0.418 e. The van der Waals surface area contributed by atoms with E-state index in [0.717, 1.165) is 12.1 Å². The molecule has 0 fully saturated rings. The summed E-state index contributed by atoms with van der Waals surface area (Å²) in [6.07, 6.45) is -4.62. The van der Waals surface area contributed by atoms with Crippen molar-refractivity contribution in [3.63, 3.8) is 0 Å². The van der Waals surface area contributed by atoms with Gasteiger partial charge >= 0.3 is 6.18 Å². The fourth-order valence-electron chi connectivity index (χ4n) is 4.21. The average Bonchev–Trinajstić information content (AvgIpc) is 3.23. The summed E-state index contributed by atoms with van der Waals surface area (Å²) in [5.74, 6) is 0.246. The molecule has 0 aliphatic heterocycles. The number of Topliss-reactive ketones (excluding diaryl/α,β-unsaturated/α-hetero) is 1. The molecule has 0 saturated heterocycles. The summed E-state index contributed by atoms with van der Waals surface area (Å²) in [5.41, 5.74) is 0.575. The van der Waals surface area contributed by atoms with E-state index in [1.807, 2.05) is 0 Å². The third kappa shape index (κ3) is 5.13. The van der Waals surface area contributed by atoms with Gasteiger partial charge in [-0.1, -0.05) is 41.9 Å². The third-order valence-corrected chi connectivity index (χ3v) is 6.25. The highest BCUT2D eigenvalue weighted by Crippen LogP contribution is 2.39. The second-order valence-electron chi connectivity index (χ2n) is 8.65. The number of hydrogen-bond acceptors (Lipinski definition) is 3. The number of nitrogens with zero attached hydrogens (tertiary/aromatic N) is 2. The van der Waals surface area contributed by atoms with Gasteiger partial charge in [0.25, 0.3) is 0 Å². The van der Waals surface area contributed by atoms with Crippen LogP contribution >= 0.6 is 11.6 Å². The Morgan fingerprint density at radius 3 is 2.37 bits per heavy atom. The Balaban J connectivity index is 1.58. The van der Waals surface area contributed by atoms with Gasteiger partial charge < -0.3 is 4.74 Å². The van der Waals surface area contributed by atoms with Crippen molar-refractivity contribution in [3.8, 4) is 22.8 Å². The molecule has 0 bridgehead atoms. The SMILES string of the molecule is CC(=O)c1cccc(Oc2ccc(-c3c4cccc(C(F)(F)F)c4nn3Cc3ccc(Cl)cc3F)cc2)c1. The maximum Gasteiger partial charge on any atom is 0.418 e. The van der Waals surface area contributed by atoms with Gasteiger partial charge in [0.2, 0.25) is 0 Å². The van der Waals surface area contributed by atoms with Crippen molar-refractivity contribution in [1.29, 1.82) is 0 Å². The summed E-state index contributed by atoms with van der Waals surface area (Å²) >= 11 is 5.86. The molecule has 0 spiro atoms. The zero-order chi connectivity index (χ0) is 27.0. The number of carbonyl (C=O) groups is 1. The predicted molar refractivity (Wildman–Crippen MR) is 137 cm³/mol. The minimum atomic E-state index is -4.62. The summed E-state index contributed by atoms with van der Waals surface area (Å²) < 4.78 is 63.1. The normalized spacial score (nSPS) is 11.6. The summed E-state index contributed by atoms with van der Waals surface area (Å²) in [6.45, 7) is 1.35. The zero-order valence-corrected chi connectivity index (χ0v) is 20.6. The lowest BCUT2D eigenvalue weighted by Crippen LogP contribution is -2.07. The Kier molecular flexibility index (Phi) is 6.67. The first-order valence-electron chi connectivity index (χ1n) is 11.5. The molecule has 4 nitrogen and oxygen atoms in total. The van der Waals surface area contributed by atoms with Crippen molar-refractivity contribution in [2.24, 2.45) is 0 Å². The monoisotopic (exact) mass is 538 g/mol. The summed E-state index contributed by atoms with van der Waals surface area (Å²) in [4.78, 5) is 11.7. The van der Waals surface area contributed by atoms with Gasteiger partial charge in [-0.15, -0.1) is 0 Å². The molecule has 0 saturated carbocycles. The van der Waals surface area contributed by atoms with Crippen LogP contribution in [0.5, 0.6) is 11.5 Å². The van der Waals surface area contributed by atoms with E-state index in [1.165, 1.54) is 29.8 Å². The lowest BCUT2D eigenvalue weighted by molar-refractivity contribution is -0.136. The second-order valence-corrected chi connectivity index (χ2v) is 9.09. The van der Waals surface area contributed by atoms with Gasteiger partial charge in [-0.3, -0.25) is 9.48 Å². The maximum atomic E-state index is 14.6. The predicted octanol–water partition coefficient (Wildman–Crippen LogP) is 8.56. The molecule has 1 heterocycles. The fourth-order valence-corrected chi connectivity index (χ4v) is 4.37. The van der Waals surface area contributed by atoms with Gasteiger partial charge in [0, 0.05) is 27.1 Å². The van der Waals surface area contributed by atoms with E-state index in [2.05, 4.69) is 5.10 Å². The number of ketones is 1. The van der Waals surface area contributed by atoms with E-state index < -0.39 is 17.6 Å². The van der Waals surface area contributed by atoms with Crippen LogP contribution in [0.1, 0.15) is 28.4 Å². The Labute approximate surface area is 220 Å². The highest BCUT2D eigenvalue weighted by molar-refractivity contribution is 6.30. The fraction of sp³-hybridized carbons (Fsp3) is 0.103. The molecule has 4 aromatic carbocycles. The molecule has 5 aromatic rings. The number of alkyl halides is 3. The molecule has 192 valence electrons. The quantitative estimate of drug-likeness (QED) is 0.161. The largest absolute Gasteiger partial charge is 0.457 e. The number of ether oxygens (including phenoxy) is 1. The molecule has 0 aliphatic carbocycles. The highest BCUT2D eigenvalue weighted by Gasteiger charge is 2.34. The minimum Gasteiger partial charge on any atom is -0.457 e. The number of halogens is 5. The first kappa shape index (κ1) is 25.5. The minimum absolute atomic E-state index is 0.0960. The lowest BCUT2D eigenvalue weighted by Gasteiger charge is -2.11. The van der Waals surface area contributed by atoms with Crippen molar-refractivity contribution >= 4 is 28.3 Å². The van der Waals surface area contributed by atoms with Gasteiger partial charge in [-0.2, -0.15) is 18.3 Å². The Morgan fingerprint density at radius 1 is 0.947 bits per heavy atom. The van der Waals surface area contributed by atoms with Crippen LogP contribution in [0.15, 0.2) is 84.9 Å². The van der Waals surface area contributed by atoms with Crippen molar-refractivity contribution in [3.05, 3.63) is 112 Å². The molecule has 0 N–H and O–H groups in total. The number of benzene rings is 4. The summed E-state index contributed by atoms with van der Waals surface area (Å²) in [5, 5.41) is 4.75. The molecule has 38 heavy (non-hydrogen) atoms. The molecule has 0 aliphatic rings. The maximum absolute atomic E-state index is 14.6. The zero-order valence-electron chi connectivity index (χ0n) is 19.9. The number of carbonyl (C=O) groups excluding carboxylic acids is 1. The van der Waals surface area contributed by atoms with Crippen LogP contribution < -0.4 is 4.74 Å². The highest BCUT2D eigenvalue weighted by atomic mass is 35.5. The van der Waals surface area contributed by atoms with Gasteiger partial charge in [-0.25, -0.2) is 4.39 Å². The van der Waals surface area contributed by atoms with E-state index in [9.17, 15) is 22.4 Å². The summed E-state index contributed by atoms with van der Waals surface area (Å²) in [6, 6.07) is 21.4. The molecule has 1 aromatic heterocycles. The molecule has 0 radical (unpaired) electrons. The topological polar surface area (TPSA) is 44.1 Å². The van der Waals surface area contributed by atoms with Crippen LogP contribution in [-0.4, -0.2) is 15.6 Å². The number of rotatable bonds is 6. The molecule has 0 amide bonds. The van der Waals surface area contributed by atoms with Gasteiger partial charge in [0.05, 0.1) is 17.8 Å². The van der Waals surface area contributed by atoms with Crippen molar-refractivity contribution in [2.45, 2.75) is 19.6 Å². The van der Waals surface area contributed by atoms with Crippen LogP contribution in [0, 0.1) is 5.82 Å². The molecular formula is C29H19ClF4N2O2. The van der Waals surface area contributed by atoms with Crippen molar-refractivity contribution in [1.82, 2.24) is 9.78 Å². The standard InChI is InChI=1S/C29H19ClF4N2O2/c1-17(37)19-4-2-5-23(14-19)38-22-12-9-18(10-13-22)28-24-6-3-7-25(29(32,33)34)27(24)35-36(28)16-20-8-11-21(30)15-26(20)31/h2-15H,16H2,1H3. The van der Waals surface area contributed by atoms with Gasteiger partial charge in [-0.05, 0) is 61.5 Å². The molecule has 0 atom stereocenters. The van der Waals surface area contributed by atoms with Crippen LogP contribution in [0.3, 0.4) is 0 Å². The third-order valence-electron chi connectivity index (χ3n) is 6.01. The summed E-state index contributed by atoms with van der Waals surface area (Å²) in [7, 11) is 0. The first-order chi connectivity index (χ1) is 18.1. The Morgan fingerprint density at radius 2 is 1.68 bits per heavy atom. The Bertz CT molecular complexity index is 1660. The van der Waals surface area contributed by atoms with E-state index >= 15 is 0 Å².